The van der Waals surface area contributed by atoms with E-state index < -0.39 is 0 Å². The number of rotatable bonds is 4. The zero-order valence-electron chi connectivity index (χ0n) is 9.92. The summed E-state index contributed by atoms with van der Waals surface area (Å²) in [5, 5.41) is 12.4. The lowest BCUT2D eigenvalue weighted by Gasteiger charge is -2.08. The standard InChI is InChI=1S/C13H15N3S/c1-10(2)14-12-8-9-13(16-15-12)17-11-6-4-3-5-7-11/h3-10H,1-2H3,(H,14,15). The van der Waals surface area contributed by atoms with E-state index in [9.17, 15) is 0 Å². The van der Waals surface area contributed by atoms with Crippen molar-refractivity contribution in [2.45, 2.75) is 29.8 Å². The molecule has 1 aromatic heterocycles. The van der Waals surface area contributed by atoms with E-state index in [1.165, 1.54) is 4.90 Å². The van der Waals surface area contributed by atoms with E-state index in [-0.39, 0.29) is 0 Å². The highest BCUT2D eigenvalue weighted by molar-refractivity contribution is 7.99. The van der Waals surface area contributed by atoms with Crippen molar-refractivity contribution in [3.63, 3.8) is 0 Å². The zero-order valence-corrected chi connectivity index (χ0v) is 10.7. The Kier molecular flexibility index (Phi) is 3.98. The van der Waals surface area contributed by atoms with Crippen molar-refractivity contribution >= 4 is 17.6 Å². The monoisotopic (exact) mass is 245 g/mol. The van der Waals surface area contributed by atoms with E-state index in [4.69, 9.17) is 0 Å². The SMILES string of the molecule is CC(C)Nc1ccc(Sc2ccccc2)nn1. The van der Waals surface area contributed by atoms with Crippen LogP contribution in [0, 0.1) is 0 Å². The molecule has 0 radical (unpaired) electrons. The number of nitrogens with one attached hydrogen (secondary N) is 1. The molecule has 4 heteroatoms. The van der Waals surface area contributed by atoms with Crippen molar-refractivity contribution in [2.24, 2.45) is 0 Å². The van der Waals surface area contributed by atoms with E-state index in [0.29, 0.717) is 6.04 Å². The second-order valence-electron chi connectivity index (χ2n) is 3.97. The summed E-state index contributed by atoms with van der Waals surface area (Å²) in [7, 11) is 0. The van der Waals surface area contributed by atoms with Gasteiger partial charge >= 0.3 is 0 Å². The third-order valence-electron chi connectivity index (χ3n) is 2.04. The molecule has 0 aliphatic rings. The minimum atomic E-state index is 0.372. The van der Waals surface area contributed by atoms with Gasteiger partial charge in [-0.3, -0.25) is 0 Å². The van der Waals surface area contributed by atoms with E-state index in [1.807, 2.05) is 30.3 Å². The second-order valence-corrected chi connectivity index (χ2v) is 5.06. The van der Waals surface area contributed by atoms with Gasteiger partial charge in [0.2, 0.25) is 0 Å². The lowest BCUT2D eigenvalue weighted by atomic mass is 10.4. The van der Waals surface area contributed by atoms with Gasteiger partial charge in [-0.1, -0.05) is 30.0 Å². The van der Waals surface area contributed by atoms with Gasteiger partial charge in [-0.15, -0.1) is 10.2 Å². The Morgan fingerprint density at radius 2 is 1.76 bits per heavy atom. The summed E-state index contributed by atoms with van der Waals surface area (Å²) in [6.07, 6.45) is 0. The second kappa shape index (κ2) is 5.68. The highest BCUT2D eigenvalue weighted by Gasteiger charge is 2.01. The first kappa shape index (κ1) is 11.9. The number of hydrogen-bond acceptors (Lipinski definition) is 4. The summed E-state index contributed by atoms with van der Waals surface area (Å²) < 4.78 is 0. The molecule has 0 unspecified atom stereocenters. The summed E-state index contributed by atoms with van der Waals surface area (Å²) in [6, 6.07) is 14.5. The van der Waals surface area contributed by atoms with Gasteiger partial charge in [0.15, 0.2) is 0 Å². The first-order valence-corrected chi connectivity index (χ1v) is 6.39. The Morgan fingerprint density at radius 1 is 1.00 bits per heavy atom. The molecule has 1 heterocycles. The van der Waals surface area contributed by atoms with Gasteiger partial charge in [-0.25, -0.2) is 0 Å². The minimum Gasteiger partial charge on any atom is -0.366 e. The predicted molar refractivity (Wildman–Crippen MR) is 71.4 cm³/mol. The Labute approximate surface area is 106 Å². The van der Waals surface area contributed by atoms with Gasteiger partial charge < -0.3 is 5.32 Å². The maximum absolute atomic E-state index is 4.18. The van der Waals surface area contributed by atoms with Crippen LogP contribution in [0.5, 0.6) is 0 Å². The van der Waals surface area contributed by atoms with Crippen LogP contribution in [0.1, 0.15) is 13.8 Å². The molecule has 0 amide bonds. The molecule has 0 saturated carbocycles. The van der Waals surface area contributed by atoms with Crippen molar-refractivity contribution in [1.82, 2.24) is 10.2 Å². The molecule has 0 saturated heterocycles. The third-order valence-corrected chi connectivity index (χ3v) is 2.98. The van der Waals surface area contributed by atoms with Crippen LogP contribution < -0.4 is 5.32 Å². The average molecular weight is 245 g/mol. The van der Waals surface area contributed by atoms with Crippen molar-refractivity contribution in [3.05, 3.63) is 42.5 Å². The lowest BCUT2D eigenvalue weighted by molar-refractivity contribution is 0.855. The van der Waals surface area contributed by atoms with E-state index in [0.717, 1.165) is 10.8 Å². The minimum absolute atomic E-state index is 0.372. The smallest absolute Gasteiger partial charge is 0.148 e. The molecule has 2 rings (SSSR count). The molecule has 1 aromatic carbocycles. The highest BCUT2D eigenvalue weighted by Crippen LogP contribution is 2.25. The number of benzene rings is 1. The van der Waals surface area contributed by atoms with Gasteiger partial charge in [0.25, 0.3) is 0 Å². The fourth-order valence-electron chi connectivity index (χ4n) is 1.36. The van der Waals surface area contributed by atoms with Gasteiger partial charge in [-0.05, 0) is 38.1 Å². The summed E-state index contributed by atoms with van der Waals surface area (Å²) in [5.74, 6) is 0.817. The first-order valence-electron chi connectivity index (χ1n) is 5.57. The van der Waals surface area contributed by atoms with E-state index in [2.05, 4.69) is 41.5 Å². The summed E-state index contributed by atoms with van der Waals surface area (Å²) >= 11 is 1.61. The first-order chi connectivity index (χ1) is 8.24. The number of anilines is 1. The zero-order chi connectivity index (χ0) is 12.1. The van der Waals surface area contributed by atoms with Crippen LogP contribution in [0.2, 0.25) is 0 Å². The molecule has 1 N–H and O–H groups in total. The topological polar surface area (TPSA) is 37.8 Å². The fourth-order valence-corrected chi connectivity index (χ4v) is 2.11. The maximum Gasteiger partial charge on any atom is 0.148 e. The van der Waals surface area contributed by atoms with E-state index in [1.54, 1.807) is 11.8 Å². The molecule has 0 aliphatic heterocycles. The fraction of sp³-hybridized carbons (Fsp3) is 0.231. The van der Waals surface area contributed by atoms with Crippen molar-refractivity contribution in [3.8, 4) is 0 Å². The molecule has 0 atom stereocenters. The average Bonchev–Trinajstić information content (AvgIpc) is 2.32. The Balaban J connectivity index is 2.03. The van der Waals surface area contributed by atoms with Crippen LogP contribution in [-0.4, -0.2) is 16.2 Å². The third kappa shape index (κ3) is 3.75. The molecule has 3 nitrogen and oxygen atoms in total. The number of nitrogens with zero attached hydrogens (tertiary/aromatic N) is 2. The van der Waals surface area contributed by atoms with Gasteiger partial charge in [-0.2, -0.15) is 0 Å². The molecule has 0 fully saturated rings. The molecular weight excluding hydrogens is 230 g/mol. The van der Waals surface area contributed by atoms with Crippen LogP contribution in [0.25, 0.3) is 0 Å². The largest absolute Gasteiger partial charge is 0.366 e. The van der Waals surface area contributed by atoms with Gasteiger partial charge in [0.1, 0.15) is 10.8 Å². The molecule has 0 bridgehead atoms. The van der Waals surface area contributed by atoms with Crippen molar-refractivity contribution in [1.29, 1.82) is 0 Å². The van der Waals surface area contributed by atoms with Crippen LogP contribution in [0.15, 0.2) is 52.4 Å². The maximum atomic E-state index is 4.18. The summed E-state index contributed by atoms with van der Waals surface area (Å²) in [5.41, 5.74) is 0. The molecular formula is C13H15N3S. The highest BCUT2D eigenvalue weighted by atomic mass is 32.2. The predicted octanol–water partition coefficient (Wildman–Crippen LogP) is 3.45. The van der Waals surface area contributed by atoms with Crippen molar-refractivity contribution < 1.29 is 0 Å². The normalized spacial score (nSPS) is 10.5. The number of aromatic nitrogens is 2. The lowest BCUT2D eigenvalue weighted by Crippen LogP contribution is -2.11. The van der Waals surface area contributed by atoms with Crippen molar-refractivity contribution in [2.75, 3.05) is 5.32 Å². The van der Waals surface area contributed by atoms with Gasteiger partial charge in [0, 0.05) is 10.9 Å². The Morgan fingerprint density at radius 3 is 2.35 bits per heavy atom. The van der Waals surface area contributed by atoms with Crippen LogP contribution in [0.3, 0.4) is 0 Å². The Hall–Kier alpha value is -1.55. The molecule has 88 valence electrons. The molecule has 17 heavy (non-hydrogen) atoms. The molecule has 0 aliphatic carbocycles. The molecule has 0 spiro atoms. The number of hydrogen-bond donors (Lipinski definition) is 1. The van der Waals surface area contributed by atoms with Gasteiger partial charge in [0.05, 0.1) is 0 Å². The van der Waals surface area contributed by atoms with Crippen LogP contribution in [-0.2, 0) is 0 Å². The summed E-state index contributed by atoms with van der Waals surface area (Å²) in [4.78, 5) is 1.17. The van der Waals surface area contributed by atoms with Crippen LogP contribution in [0.4, 0.5) is 5.82 Å². The summed E-state index contributed by atoms with van der Waals surface area (Å²) in [6.45, 7) is 4.16. The molecule has 2 aromatic rings. The Bertz CT molecular complexity index is 454. The van der Waals surface area contributed by atoms with Crippen LogP contribution >= 0.6 is 11.8 Å². The van der Waals surface area contributed by atoms with E-state index >= 15 is 0 Å². The quantitative estimate of drug-likeness (QED) is 0.895.